The van der Waals surface area contributed by atoms with Crippen LogP contribution in [0.15, 0.2) is 113 Å². The van der Waals surface area contributed by atoms with Crippen molar-refractivity contribution >= 4 is 51.0 Å². The molecule has 0 saturated heterocycles. The van der Waals surface area contributed by atoms with Crippen LogP contribution >= 0.6 is 11.6 Å². The Hall–Kier alpha value is -4.67. The van der Waals surface area contributed by atoms with E-state index < -0.39 is 22.5 Å². The molecule has 0 heterocycles. The third-order valence-electron chi connectivity index (χ3n) is 5.70. The van der Waals surface area contributed by atoms with Crippen LogP contribution in [0, 0.1) is 6.92 Å². The average Bonchev–Trinajstić information content (AvgIpc) is 2.96. The van der Waals surface area contributed by atoms with Gasteiger partial charge in [-0.25, -0.2) is 13.8 Å². The summed E-state index contributed by atoms with van der Waals surface area (Å²) in [4.78, 5) is 24.8. The van der Waals surface area contributed by atoms with Gasteiger partial charge in [0, 0.05) is 10.7 Å². The fraction of sp³-hybridized carbons (Fsp3) is 0.100. The second kappa shape index (κ2) is 13.6. The lowest BCUT2D eigenvalue weighted by Gasteiger charge is -2.24. The highest BCUT2D eigenvalue weighted by Crippen LogP contribution is 2.26. The molecule has 4 aromatic rings. The first-order valence-electron chi connectivity index (χ1n) is 12.5. The Morgan fingerprint density at radius 3 is 2.29 bits per heavy atom. The quantitative estimate of drug-likeness (QED) is 0.188. The van der Waals surface area contributed by atoms with E-state index in [2.05, 4.69) is 15.8 Å². The van der Waals surface area contributed by atoms with Crippen molar-refractivity contribution < 1.29 is 22.7 Å². The molecule has 0 saturated carbocycles. The second-order valence-electron chi connectivity index (χ2n) is 8.87. The van der Waals surface area contributed by atoms with Crippen molar-refractivity contribution in [1.82, 2.24) is 5.43 Å². The standard InChI is InChI=1S/C30H27ClN4O5S/c1-22-10-16-28(17-11-22)41(38,39)35(26-9-5-6-24(31)18-26)20-29(36)34-32-19-23-12-14-27(15-13-23)40-21-30(37)33-25-7-3-2-4-8-25/h2-19H,20-21H2,1H3,(H,33,37)(H,34,36)/b32-19-. The highest BCUT2D eigenvalue weighted by atomic mass is 35.5. The number of halogens is 1. The second-order valence-corrected chi connectivity index (χ2v) is 11.2. The van der Waals surface area contributed by atoms with Crippen LogP contribution in [0.5, 0.6) is 5.75 Å². The number of hydrogen-bond acceptors (Lipinski definition) is 6. The molecule has 210 valence electrons. The molecule has 41 heavy (non-hydrogen) atoms. The van der Waals surface area contributed by atoms with Gasteiger partial charge < -0.3 is 10.1 Å². The van der Waals surface area contributed by atoms with Crippen LogP contribution in [0.4, 0.5) is 11.4 Å². The minimum atomic E-state index is -4.07. The highest BCUT2D eigenvalue weighted by Gasteiger charge is 2.27. The molecule has 0 radical (unpaired) electrons. The van der Waals surface area contributed by atoms with Crippen molar-refractivity contribution in [3.05, 3.63) is 119 Å². The molecule has 0 unspecified atom stereocenters. The number of rotatable bonds is 11. The lowest BCUT2D eigenvalue weighted by Crippen LogP contribution is -2.39. The number of anilines is 2. The summed E-state index contributed by atoms with van der Waals surface area (Å²) in [6.45, 7) is 1.17. The van der Waals surface area contributed by atoms with Gasteiger partial charge >= 0.3 is 0 Å². The van der Waals surface area contributed by atoms with Gasteiger partial charge in [-0.2, -0.15) is 5.10 Å². The Morgan fingerprint density at radius 2 is 1.61 bits per heavy atom. The summed E-state index contributed by atoms with van der Waals surface area (Å²) in [6, 6.07) is 28.4. The van der Waals surface area contributed by atoms with Gasteiger partial charge in [-0.1, -0.05) is 53.6 Å². The van der Waals surface area contributed by atoms with Crippen LogP contribution in [-0.4, -0.2) is 39.6 Å². The zero-order chi connectivity index (χ0) is 29.2. The zero-order valence-electron chi connectivity index (χ0n) is 22.0. The minimum absolute atomic E-state index is 0.0410. The molecular weight excluding hydrogens is 564 g/mol. The van der Waals surface area contributed by atoms with Crippen LogP contribution in [0.25, 0.3) is 0 Å². The van der Waals surface area contributed by atoms with Crippen LogP contribution in [0.2, 0.25) is 5.02 Å². The molecule has 0 aromatic heterocycles. The van der Waals surface area contributed by atoms with Crippen molar-refractivity contribution in [2.45, 2.75) is 11.8 Å². The normalized spacial score (nSPS) is 11.2. The van der Waals surface area contributed by atoms with Crippen molar-refractivity contribution in [2.75, 3.05) is 22.8 Å². The predicted octanol–water partition coefficient (Wildman–Crippen LogP) is 5.01. The van der Waals surface area contributed by atoms with Gasteiger partial charge in [0.15, 0.2) is 6.61 Å². The number of hydrazone groups is 1. The first kappa shape index (κ1) is 29.3. The molecular formula is C30H27ClN4O5S. The van der Waals surface area contributed by atoms with Gasteiger partial charge in [0.1, 0.15) is 12.3 Å². The van der Waals surface area contributed by atoms with Crippen LogP contribution in [0.3, 0.4) is 0 Å². The Balaban J connectivity index is 1.36. The van der Waals surface area contributed by atoms with Crippen LogP contribution in [0.1, 0.15) is 11.1 Å². The molecule has 4 aromatic carbocycles. The largest absolute Gasteiger partial charge is 0.484 e. The minimum Gasteiger partial charge on any atom is -0.484 e. The van der Waals surface area contributed by atoms with E-state index in [1.165, 1.54) is 24.4 Å². The molecule has 4 rings (SSSR count). The van der Waals surface area contributed by atoms with Crippen molar-refractivity contribution in [2.24, 2.45) is 5.10 Å². The first-order chi connectivity index (χ1) is 19.7. The summed E-state index contributed by atoms with van der Waals surface area (Å²) in [5.41, 5.74) is 4.83. The smallest absolute Gasteiger partial charge is 0.264 e. The summed E-state index contributed by atoms with van der Waals surface area (Å²) in [5.74, 6) is -0.463. The SMILES string of the molecule is Cc1ccc(S(=O)(=O)N(CC(=O)N/N=C\c2ccc(OCC(=O)Nc3ccccc3)cc2)c2cccc(Cl)c2)cc1. The van der Waals surface area contributed by atoms with Gasteiger partial charge in [-0.15, -0.1) is 0 Å². The van der Waals surface area contributed by atoms with E-state index in [1.54, 1.807) is 66.7 Å². The predicted molar refractivity (Wildman–Crippen MR) is 160 cm³/mol. The van der Waals surface area contributed by atoms with E-state index in [9.17, 15) is 18.0 Å². The summed E-state index contributed by atoms with van der Waals surface area (Å²) in [5, 5.41) is 7.01. The van der Waals surface area contributed by atoms with Gasteiger partial charge in [0.2, 0.25) is 0 Å². The molecule has 2 amide bonds. The number of ether oxygens (including phenoxy) is 1. The van der Waals surface area contributed by atoms with E-state index in [1.807, 2.05) is 25.1 Å². The highest BCUT2D eigenvalue weighted by molar-refractivity contribution is 7.92. The van der Waals surface area contributed by atoms with Crippen molar-refractivity contribution in [1.29, 1.82) is 0 Å². The van der Waals surface area contributed by atoms with Crippen LogP contribution < -0.4 is 19.8 Å². The molecule has 0 aliphatic carbocycles. The molecule has 0 bridgehead atoms. The fourth-order valence-corrected chi connectivity index (χ4v) is 5.24. The lowest BCUT2D eigenvalue weighted by molar-refractivity contribution is -0.119. The molecule has 0 aliphatic heterocycles. The lowest BCUT2D eigenvalue weighted by atomic mass is 10.2. The first-order valence-corrected chi connectivity index (χ1v) is 14.3. The third kappa shape index (κ3) is 8.41. The molecule has 0 fully saturated rings. The average molecular weight is 591 g/mol. The van der Waals surface area contributed by atoms with Crippen molar-refractivity contribution in [3.63, 3.8) is 0 Å². The number of sulfonamides is 1. The summed E-state index contributed by atoms with van der Waals surface area (Å²) < 4.78 is 33.4. The van der Waals surface area contributed by atoms with Gasteiger partial charge in [-0.05, 0) is 79.2 Å². The monoisotopic (exact) mass is 590 g/mol. The van der Waals surface area contributed by atoms with E-state index in [-0.39, 0.29) is 23.1 Å². The molecule has 9 nitrogen and oxygen atoms in total. The zero-order valence-corrected chi connectivity index (χ0v) is 23.6. The Labute approximate surface area is 243 Å². The number of nitrogens with one attached hydrogen (secondary N) is 2. The topological polar surface area (TPSA) is 117 Å². The van der Waals surface area contributed by atoms with Crippen molar-refractivity contribution in [3.8, 4) is 5.75 Å². The van der Waals surface area contributed by atoms with Gasteiger partial charge in [-0.3, -0.25) is 13.9 Å². The maximum absolute atomic E-state index is 13.4. The van der Waals surface area contributed by atoms with Crippen LogP contribution in [-0.2, 0) is 19.6 Å². The number of aryl methyl sites for hydroxylation is 1. The number of nitrogens with zero attached hydrogens (tertiary/aromatic N) is 2. The molecule has 0 spiro atoms. The number of benzene rings is 4. The summed E-state index contributed by atoms with van der Waals surface area (Å²) in [7, 11) is -4.07. The van der Waals surface area contributed by atoms with E-state index in [4.69, 9.17) is 16.3 Å². The van der Waals surface area contributed by atoms with E-state index in [0.29, 0.717) is 22.0 Å². The molecule has 11 heteroatoms. The molecule has 0 aliphatic rings. The Bertz CT molecular complexity index is 1630. The number of para-hydroxylation sites is 1. The molecule has 2 N–H and O–H groups in total. The summed E-state index contributed by atoms with van der Waals surface area (Å²) in [6.07, 6.45) is 1.40. The van der Waals surface area contributed by atoms with Gasteiger partial charge in [0.25, 0.3) is 21.8 Å². The van der Waals surface area contributed by atoms with E-state index in [0.717, 1.165) is 9.87 Å². The number of carbonyl (C=O) groups excluding carboxylic acids is 2. The molecule has 0 atom stereocenters. The number of hydrogen-bond donors (Lipinski definition) is 2. The third-order valence-corrected chi connectivity index (χ3v) is 7.73. The van der Waals surface area contributed by atoms with Gasteiger partial charge in [0.05, 0.1) is 16.8 Å². The number of amides is 2. The maximum atomic E-state index is 13.4. The Morgan fingerprint density at radius 1 is 0.902 bits per heavy atom. The fourth-order valence-electron chi connectivity index (χ4n) is 3.65. The maximum Gasteiger partial charge on any atom is 0.264 e. The van der Waals surface area contributed by atoms with E-state index >= 15 is 0 Å². The number of carbonyl (C=O) groups is 2. The Kier molecular flexibility index (Phi) is 9.73. The summed E-state index contributed by atoms with van der Waals surface area (Å²) >= 11 is 6.10.